The Morgan fingerprint density at radius 2 is 1.80 bits per heavy atom. The van der Waals surface area contributed by atoms with Crippen molar-refractivity contribution in [1.29, 1.82) is 0 Å². The Kier molecular flexibility index (Phi) is 5.71. The normalized spacial score (nSPS) is 11.5. The quantitative estimate of drug-likeness (QED) is 0.859. The average molecular weight is 278 g/mol. The zero-order valence-corrected chi connectivity index (χ0v) is 11.5. The van der Waals surface area contributed by atoms with Gasteiger partial charge < -0.3 is 10.4 Å². The van der Waals surface area contributed by atoms with Crippen LogP contribution in [0.15, 0.2) is 30.3 Å². The van der Waals surface area contributed by atoms with Crippen LogP contribution < -0.4 is 5.32 Å². The van der Waals surface area contributed by atoms with Crippen LogP contribution in [0.1, 0.15) is 31.9 Å². The number of amides is 3. The van der Waals surface area contributed by atoms with Gasteiger partial charge in [0.15, 0.2) is 6.04 Å². The van der Waals surface area contributed by atoms with Crippen molar-refractivity contribution in [3.05, 3.63) is 35.9 Å². The SMILES string of the molecule is CCC(=O)N(CC)C(=O)NC(C(=O)O)c1ccccc1. The maximum atomic E-state index is 12.0. The van der Waals surface area contributed by atoms with E-state index >= 15 is 0 Å². The fourth-order valence-electron chi connectivity index (χ4n) is 1.76. The molecule has 0 saturated carbocycles. The monoisotopic (exact) mass is 278 g/mol. The van der Waals surface area contributed by atoms with E-state index in [4.69, 9.17) is 0 Å². The fraction of sp³-hybridized carbons (Fsp3) is 0.357. The number of hydrogen-bond acceptors (Lipinski definition) is 3. The summed E-state index contributed by atoms with van der Waals surface area (Å²) in [6.45, 7) is 3.50. The van der Waals surface area contributed by atoms with Gasteiger partial charge in [0, 0.05) is 13.0 Å². The van der Waals surface area contributed by atoms with Gasteiger partial charge in [-0.25, -0.2) is 9.59 Å². The molecule has 2 N–H and O–H groups in total. The topological polar surface area (TPSA) is 86.7 Å². The fourth-order valence-corrected chi connectivity index (χ4v) is 1.76. The molecule has 0 bridgehead atoms. The summed E-state index contributed by atoms with van der Waals surface area (Å²) in [4.78, 5) is 35.8. The smallest absolute Gasteiger partial charge is 0.330 e. The number of nitrogens with zero attached hydrogens (tertiary/aromatic N) is 1. The molecule has 0 saturated heterocycles. The number of hydrogen-bond donors (Lipinski definition) is 2. The molecule has 6 nitrogen and oxygen atoms in total. The number of carboxylic acid groups (broad SMARTS) is 1. The Morgan fingerprint density at radius 3 is 2.25 bits per heavy atom. The lowest BCUT2D eigenvalue weighted by Gasteiger charge is -2.22. The molecule has 1 unspecified atom stereocenters. The predicted molar refractivity (Wildman–Crippen MR) is 73.0 cm³/mol. The van der Waals surface area contributed by atoms with E-state index in [9.17, 15) is 19.5 Å². The van der Waals surface area contributed by atoms with Crippen molar-refractivity contribution in [2.45, 2.75) is 26.3 Å². The molecule has 1 aromatic carbocycles. The second-order valence-electron chi connectivity index (χ2n) is 4.12. The highest BCUT2D eigenvalue weighted by molar-refractivity contribution is 5.95. The standard InChI is InChI=1S/C14H18N2O4/c1-3-11(17)16(4-2)14(20)15-12(13(18)19)10-8-6-5-7-9-10/h5-9,12H,3-4H2,1-2H3,(H,15,20)(H,18,19). The van der Waals surface area contributed by atoms with Gasteiger partial charge in [-0.05, 0) is 12.5 Å². The second kappa shape index (κ2) is 7.28. The average Bonchev–Trinajstić information content (AvgIpc) is 2.45. The third-order valence-electron chi connectivity index (χ3n) is 2.81. The summed E-state index contributed by atoms with van der Waals surface area (Å²) in [6.07, 6.45) is 0.185. The molecule has 1 rings (SSSR count). The number of carboxylic acids is 1. The number of carbonyl (C=O) groups excluding carboxylic acids is 2. The molecule has 0 fully saturated rings. The van der Waals surface area contributed by atoms with Gasteiger partial charge in [-0.2, -0.15) is 0 Å². The van der Waals surface area contributed by atoms with Gasteiger partial charge in [-0.1, -0.05) is 37.3 Å². The first-order valence-corrected chi connectivity index (χ1v) is 6.39. The molecule has 108 valence electrons. The van der Waals surface area contributed by atoms with Gasteiger partial charge in [-0.3, -0.25) is 9.69 Å². The number of aliphatic carboxylic acids is 1. The van der Waals surface area contributed by atoms with Gasteiger partial charge in [0.05, 0.1) is 0 Å². The number of urea groups is 1. The molecule has 0 aliphatic rings. The highest BCUT2D eigenvalue weighted by atomic mass is 16.4. The molecule has 0 heterocycles. The van der Waals surface area contributed by atoms with Crippen molar-refractivity contribution >= 4 is 17.9 Å². The van der Waals surface area contributed by atoms with Crippen molar-refractivity contribution in [3.8, 4) is 0 Å². The lowest BCUT2D eigenvalue weighted by molar-refractivity contribution is -0.139. The van der Waals surface area contributed by atoms with Gasteiger partial charge >= 0.3 is 12.0 Å². The van der Waals surface area contributed by atoms with Crippen molar-refractivity contribution in [3.63, 3.8) is 0 Å². The molecular weight excluding hydrogens is 260 g/mol. The van der Waals surface area contributed by atoms with Crippen LogP contribution in [0.4, 0.5) is 4.79 Å². The highest BCUT2D eigenvalue weighted by Gasteiger charge is 2.26. The van der Waals surface area contributed by atoms with Crippen LogP contribution in [-0.4, -0.2) is 34.5 Å². The molecule has 0 aliphatic heterocycles. The first kappa shape index (κ1) is 15.7. The van der Waals surface area contributed by atoms with E-state index < -0.39 is 18.0 Å². The molecule has 1 atom stereocenters. The minimum absolute atomic E-state index is 0.185. The Balaban J connectivity index is 2.89. The summed E-state index contributed by atoms with van der Waals surface area (Å²) >= 11 is 0. The van der Waals surface area contributed by atoms with E-state index in [1.807, 2.05) is 0 Å². The lowest BCUT2D eigenvalue weighted by Crippen LogP contribution is -2.46. The number of carbonyl (C=O) groups is 3. The Bertz CT molecular complexity index is 487. The molecule has 0 aromatic heterocycles. The third kappa shape index (κ3) is 3.81. The highest BCUT2D eigenvalue weighted by Crippen LogP contribution is 2.13. The number of imide groups is 1. The molecule has 0 spiro atoms. The maximum Gasteiger partial charge on any atom is 0.330 e. The third-order valence-corrected chi connectivity index (χ3v) is 2.81. The lowest BCUT2D eigenvalue weighted by atomic mass is 10.1. The number of benzene rings is 1. The minimum Gasteiger partial charge on any atom is -0.479 e. The Hall–Kier alpha value is -2.37. The largest absolute Gasteiger partial charge is 0.479 e. The Morgan fingerprint density at radius 1 is 1.20 bits per heavy atom. The van der Waals surface area contributed by atoms with Gasteiger partial charge in [0.25, 0.3) is 0 Å². The van der Waals surface area contributed by atoms with Gasteiger partial charge in [0.1, 0.15) is 0 Å². The van der Waals surface area contributed by atoms with E-state index in [1.165, 1.54) is 0 Å². The zero-order chi connectivity index (χ0) is 15.1. The number of rotatable bonds is 5. The van der Waals surface area contributed by atoms with Crippen molar-refractivity contribution in [1.82, 2.24) is 10.2 Å². The summed E-state index contributed by atoms with van der Waals surface area (Å²) in [5.41, 5.74) is 0.452. The van der Waals surface area contributed by atoms with Crippen molar-refractivity contribution < 1.29 is 19.5 Å². The maximum absolute atomic E-state index is 12.0. The number of nitrogens with one attached hydrogen (secondary N) is 1. The van der Waals surface area contributed by atoms with Gasteiger partial charge in [0.2, 0.25) is 5.91 Å². The van der Waals surface area contributed by atoms with Crippen LogP contribution in [0, 0.1) is 0 Å². The van der Waals surface area contributed by atoms with Crippen LogP contribution in [0.5, 0.6) is 0 Å². The zero-order valence-electron chi connectivity index (χ0n) is 11.5. The van der Waals surface area contributed by atoms with E-state index in [1.54, 1.807) is 44.2 Å². The summed E-state index contributed by atoms with van der Waals surface area (Å²) in [6, 6.07) is 6.47. The summed E-state index contributed by atoms with van der Waals surface area (Å²) < 4.78 is 0. The Labute approximate surface area is 117 Å². The second-order valence-corrected chi connectivity index (χ2v) is 4.12. The van der Waals surface area contributed by atoms with E-state index in [2.05, 4.69) is 5.32 Å². The molecule has 1 aromatic rings. The first-order valence-electron chi connectivity index (χ1n) is 6.39. The van der Waals surface area contributed by atoms with Crippen LogP contribution in [0.2, 0.25) is 0 Å². The molecular formula is C14H18N2O4. The van der Waals surface area contributed by atoms with Crippen LogP contribution in [-0.2, 0) is 9.59 Å². The van der Waals surface area contributed by atoms with E-state index in [0.29, 0.717) is 5.56 Å². The summed E-state index contributed by atoms with van der Waals surface area (Å²) in [7, 11) is 0. The molecule has 6 heteroatoms. The van der Waals surface area contributed by atoms with Crippen molar-refractivity contribution in [2.24, 2.45) is 0 Å². The van der Waals surface area contributed by atoms with Gasteiger partial charge in [-0.15, -0.1) is 0 Å². The minimum atomic E-state index is -1.18. The molecule has 0 radical (unpaired) electrons. The summed E-state index contributed by atoms with van der Waals surface area (Å²) in [5.74, 6) is -1.52. The molecule has 0 aliphatic carbocycles. The van der Waals surface area contributed by atoms with E-state index in [0.717, 1.165) is 4.90 Å². The molecule has 20 heavy (non-hydrogen) atoms. The van der Waals surface area contributed by atoms with Crippen LogP contribution in [0.3, 0.4) is 0 Å². The van der Waals surface area contributed by atoms with Crippen LogP contribution >= 0.6 is 0 Å². The van der Waals surface area contributed by atoms with Crippen molar-refractivity contribution in [2.75, 3.05) is 6.54 Å². The first-order chi connectivity index (χ1) is 9.51. The van der Waals surface area contributed by atoms with E-state index in [-0.39, 0.29) is 18.9 Å². The van der Waals surface area contributed by atoms with Crippen LogP contribution in [0.25, 0.3) is 0 Å². The summed E-state index contributed by atoms with van der Waals surface area (Å²) in [5, 5.41) is 11.6. The molecule has 3 amide bonds. The predicted octanol–water partition coefficient (Wildman–Crippen LogP) is 1.78.